The molecular formula is C3H6ClNO2. The van der Waals surface area contributed by atoms with Gasteiger partial charge in [-0.1, -0.05) is 0 Å². The zero-order chi connectivity index (χ0) is 5.86. The fourth-order valence-electron chi connectivity index (χ4n) is 0.124. The quantitative estimate of drug-likeness (QED) is 0.245. The molecule has 0 unspecified atom stereocenters. The summed E-state index contributed by atoms with van der Waals surface area (Å²) in [5.74, 6) is 0. The van der Waals surface area contributed by atoms with Crippen LogP contribution in [0, 0.1) is 0 Å². The number of hydrogen-bond acceptors (Lipinski definition) is 2. The second-order valence-electron chi connectivity index (χ2n) is 0.969. The molecule has 0 aromatic heterocycles. The lowest BCUT2D eigenvalue weighted by Crippen LogP contribution is -2.20. The van der Waals surface area contributed by atoms with Crippen molar-refractivity contribution in [3.63, 3.8) is 0 Å². The average molecular weight is 124 g/mol. The zero-order valence-electron chi connectivity index (χ0n) is 3.89. The summed E-state index contributed by atoms with van der Waals surface area (Å²) in [5, 5.41) is 7.86. The third-order valence-corrected chi connectivity index (χ3v) is 0.698. The van der Waals surface area contributed by atoms with E-state index in [0.29, 0.717) is 5.06 Å². The standard InChI is InChI=1S/C3H6ClNO2/c1-2-5(7)3(4)6/h7H,2H2,1H3. The maximum Gasteiger partial charge on any atom is 0.339 e. The molecule has 42 valence electrons. The van der Waals surface area contributed by atoms with E-state index >= 15 is 0 Å². The molecule has 0 spiro atoms. The molecule has 0 saturated carbocycles. The average Bonchev–Trinajstić information content (AvgIpc) is 1.65. The van der Waals surface area contributed by atoms with Crippen LogP contribution in [0.2, 0.25) is 0 Å². The highest BCUT2D eigenvalue weighted by atomic mass is 35.5. The summed E-state index contributed by atoms with van der Waals surface area (Å²) in [4.78, 5) is 9.82. The van der Waals surface area contributed by atoms with Crippen molar-refractivity contribution in [2.75, 3.05) is 6.54 Å². The third-order valence-electron chi connectivity index (χ3n) is 0.502. The summed E-state index contributed by atoms with van der Waals surface area (Å²) in [5.41, 5.74) is 0. The van der Waals surface area contributed by atoms with Crippen LogP contribution in [0.1, 0.15) is 6.92 Å². The molecule has 0 saturated heterocycles. The van der Waals surface area contributed by atoms with Crippen LogP contribution in [-0.4, -0.2) is 22.2 Å². The number of hydroxylamine groups is 2. The summed E-state index contributed by atoms with van der Waals surface area (Å²) < 4.78 is 0. The molecule has 0 radical (unpaired) electrons. The van der Waals surface area contributed by atoms with Gasteiger partial charge in [-0.15, -0.1) is 0 Å². The van der Waals surface area contributed by atoms with Crippen LogP contribution < -0.4 is 0 Å². The first-order valence-corrected chi connectivity index (χ1v) is 2.22. The lowest BCUT2D eigenvalue weighted by molar-refractivity contribution is -0.0272. The van der Waals surface area contributed by atoms with Crippen LogP contribution in [0.4, 0.5) is 4.79 Å². The number of hydrogen-bond donors (Lipinski definition) is 1. The normalized spacial score (nSPS) is 8.43. The Morgan fingerprint density at radius 2 is 2.43 bits per heavy atom. The van der Waals surface area contributed by atoms with Gasteiger partial charge in [-0.05, 0) is 18.5 Å². The van der Waals surface area contributed by atoms with Gasteiger partial charge in [0.2, 0.25) is 0 Å². The minimum atomic E-state index is -0.845. The highest BCUT2D eigenvalue weighted by Crippen LogP contribution is 1.87. The van der Waals surface area contributed by atoms with E-state index in [1.807, 2.05) is 0 Å². The Morgan fingerprint density at radius 1 is 2.00 bits per heavy atom. The highest BCUT2D eigenvalue weighted by molar-refractivity contribution is 6.62. The Morgan fingerprint density at radius 3 is 2.43 bits per heavy atom. The molecule has 7 heavy (non-hydrogen) atoms. The lowest BCUT2D eigenvalue weighted by Gasteiger charge is -2.04. The van der Waals surface area contributed by atoms with E-state index in [-0.39, 0.29) is 6.54 Å². The molecule has 0 aromatic carbocycles. The molecule has 0 aromatic rings. The molecule has 1 amide bonds. The summed E-state index contributed by atoms with van der Waals surface area (Å²) >= 11 is 4.77. The number of halogens is 1. The molecule has 0 aliphatic heterocycles. The van der Waals surface area contributed by atoms with Gasteiger partial charge in [0.05, 0.1) is 0 Å². The molecule has 4 heteroatoms. The van der Waals surface area contributed by atoms with E-state index in [9.17, 15) is 4.79 Å². The molecule has 3 nitrogen and oxygen atoms in total. The second-order valence-corrected chi connectivity index (χ2v) is 1.29. The smallest absolute Gasteiger partial charge is 0.285 e. The maximum absolute atomic E-state index is 9.82. The van der Waals surface area contributed by atoms with Gasteiger partial charge in [-0.25, -0.2) is 5.06 Å². The van der Waals surface area contributed by atoms with Gasteiger partial charge in [-0.3, -0.25) is 10.0 Å². The van der Waals surface area contributed by atoms with Crippen LogP contribution in [0.15, 0.2) is 0 Å². The molecule has 0 aliphatic carbocycles. The van der Waals surface area contributed by atoms with E-state index in [1.165, 1.54) is 0 Å². The Kier molecular flexibility index (Phi) is 2.71. The van der Waals surface area contributed by atoms with E-state index in [0.717, 1.165) is 0 Å². The highest BCUT2D eigenvalue weighted by Gasteiger charge is 1.99. The van der Waals surface area contributed by atoms with Gasteiger partial charge in [0.1, 0.15) is 0 Å². The Labute approximate surface area is 46.4 Å². The minimum Gasteiger partial charge on any atom is -0.285 e. The van der Waals surface area contributed by atoms with Crippen molar-refractivity contribution in [1.29, 1.82) is 0 Å². The summed E-state index contributed by atoms with van der Waals surface area (Å²) in [6, 6.07) is 0. The van der Waals surface area contributed by atoms with Gasteiger partial charge in [0.25, 0.3) is 0 Å². The van der Waals surface area contributed by atoms with Crippen LogP contribution in [-0.2, 0) is 0 Å². The monoisotopic (exact) mass is 123 g/mol. The molecule has 0 rings (SSSR count). The first-order valence-electron chi connectivity index (χ1n) is 1.84. The summed E-state index contributed by atoms with van der Waals surface area (Å²) in [6.45, 7) is 1.84. The largest absolute Gasteiger partial charge is 0.339 e. The van der Waals surface area contributed by atoms with Crippen LogP contribution in [0.5, 0.6) is 0 Å². The number of rotatable bonds is 1. The maximum atomic E-state index is 9.82. The summed E-state index contributed by atoms with van der Waals surface area (Å²) in [7, 11) is 0. The Bertz CT molecular complexity index is 75.3. The van der Waals surface area contributed by atoms with Crippen molar-refractivity contribution in [2.24, 2.45) is 0 Å². The molecule has 1 N–H and O–H groups in total. The predicted molar refractivity (Wildman–Crippen MR) is 25.4 cm³/mol. The van der Waals surface area contributed by atoms with Crippen LogP contribution >= 0.6 is 11.6 Å². The van der Waals surface area contributed by atoms with Crippen molar-refractivity contribution in [3.8, 4) is 0 Å². The van der Waals surface area contributed by atoms with E-state index in [1.54, 1.807) is 6.92 Å². The van der Waals surface area contributed by atoms with Gasteiger partial charge in [-0.2, -0.15) is 0 Å². The lowest BCUT2D eigenvalue weighted by atomic mass is 10.8. The number of amides is 1. The van der Waals surface area contributed by atoms with Crippen molar-refractivity contribution in [2.45, 2.75) is 6.92 Å². The summed E-state index contributed by atoms with van der Waals surface area (Å²) in [6.07, 6.45) is 0. The molecule has 0 bridgehead atoms. The SMILES string of the molecule is CCN(O)C(=O)Cl. The van der Waals surface area contributed by atoms with Crippen LogP contribution in [0.25, 0.3) is 0 Å². The fraction of sp³-hybridized carbons (Fsp3) is 0.667. The van der Waals surface area contributed by atoms with Crippen molar-refractivity contribution < 1.29 is 10.0 Å². The Hall–Kier alpha value is -0.280. The first kappa shape index (κ1) is 6.72. The Balaban J connectivity index is 3.34. The number of nitrogens with zero attached hydrogens (tertiary/aromatic N) is 1. The molecular weight excluding hydrogens is 117 g/mol. The molecule has 0 atom stereocenters. The van der Waals surface area contributed by atoms with E-state index < -0.39 is 5.37 Å². The van der Waals surface area contributed by atoms with Crippen LogP contribution in [0.3, 0.4) is 0 Å². The number of carbonyl (C=O) groups is 1. The van der Waals surface area contributed by atoms with Crippen molar-refractivity contribution in [3.05, 3.63) is 0 Å². The topological polar surface area (TPSA) is 40.5 Å². The van der Waals surface area contributed by atoms with Gasteiger partial charge in [0, 0.05) is 6.54 Å². The molecule has 0 heterocycles. The van der Waals surface area contributed by atoms with E-state index in [2.05, 4.69) is 0 Å². The first-order chi connectivity index (χ1) is 3.18. The van der Waals surface area contributed by atoms with Gasteiger partial charge in [0.15, 0.2) is 0 Å². The minimum absolute atomic E-state index is 0.225. The zero-order valence-corrected chi connectivity index (χ0v) is 4.64. The third kappa shape index (κ3) is 2.42. The fourth-order valence-corrected chi connectivity index (χ4v) is 0.244. The second kappa shape index (κ2) is 2.82. The van der Waals surface area contributed by atoms with Gasteiger partial charge >= 0.3 is 5.37 Å². The van der Waals surface area contributed by atoms with Crippen molar-refractivity contribution >= 4 is 17.0 Å². The van der Waals surface area contributed by atoms with Crippen molar-refractivity contribution in [1.82, 2.24) is 5.06 Å². The number of carbonyl (C=O) groups excluding carboxylic acids is 1. The molecule has 0 aliphatic rings. The molecule has 0 fully saturated rings. The predicted octanol–water partition coefficient (Wildman–Crippen LogP) is 1.06. The van der Waals surface area contributed by atoms with Gasteiger partial charge < -0.3 is 0 Å². The van der Waals surface area contributed by atoms with E-state index in [4.69, 9.17) is 16.8 Å².